The van der Waals surface area contributed by atoms with Crippen LogP contribution in [0.5, 0.6) is 0 Å². The van der Waals surface area contributed by atoms with Crippen molar-refractivity contribution >= 4 is 46.5 Å². The summed E-state index contributed by atoms with van der Waals surface area (Å²) in [5, 5.41) is 23.6. The molecule has 2 aromatic carbocycles. The molecule has 2 aliphatic heterocycles. The Morgan fingerprint density at radius 2 is 1.82 bits per heavy atom. The Kier molecular flexibility index (Phi) is 10.0. The number of nitrogens with zero attached hydrogens (tertiary/aromatic N) is 9. The summed E-state index contributed by atoms with van der Waals surface area (Å²) in [7, 11) is 0. The van der Waals surface area contributed by atoms with E-state index in [9.17, 15) is 37.7 Å². The molecule has 0 aliphatic carbocycles. The number of anilines is 4. The van der Waals surface area contributed by atoms with Gasteiger partial charge in [-0.05, 0) is 75.6 Å². The van der Waals surface area contributed by atoms with Gasteiger partial charge in [-0.25, -0.2) is 24.7 Å². The summed E-state index contributed by atoms with van der Waals surface area (Å²) in [5.74, 6) is 0.630. The first-order chi connectivity index (χ1) is 27.1. The van der Waals surface area contributed by atoms with Gasteiger partial charge in [0.2, 0.25) is 5.91 Å². The van der Waals surface area contributed by atoms with Crippen LogP contribution >= 0.6 is 0 Å². The molecule has 7 rings (SSSR count). The van der Waals surface area contributed by atoms with Crippen molar-refractivity contribution in [1.29, 1.82) is 0 Å². The first-order valence-electron chi connectivity index (χ1n) is 17.8. The molecule has 5 heterocycles. The number of hydrogen-bond donors (Lipinski definition) is 3. The lowest BCUT2D eigenvalue weighted by atomic mass is 10.0. The van der Waals surface area contributed by atoms with Crippen molar-refractivity contribution < 1.29 is 32.5 Å². The molecule has 1 atom stereocenters. The maximum Gasteiger partial charge on any atom is 0.423 e. The molecule has 1 saturated heterocycles. The zero-order valence-corrected chi connectivity index (χ0v) is 30.8. The van der Waals surface area contributed by atoms with Crippen LogP contribution in [0.15, 0.2) is 67.1 Å². The number of benzene rings is 2. The molecule has 4 amide bonds. The molecule has 3 aromatic heterocycles. The third kappa shape index (κ3) is 7.78. The Balaban J connectivity index is 0.936. The van der Waals surface area contributed by atoms with Gasteiger partial charge in [0, 0.05) is 41.8 Å². The highest BCUT2D eigenvalue weighted by molar-refractivity contribution is 6.07. The van der Waals surface area contributed by atoms with Crippen molar-refractivity contribution in [3.63, 3.8) is 0 Å². The van der Waals surface area contributed by atoms with Crippen molar-refractivity contribution in [2.24, 2.45) is 0 Å². The third-order valence-corrected chi connectivity index (χ3v) is 9.62. The van der Waals surface area contributed by atoms with Crippen LogP contribution in [-0.2, 0) is 28.7 Å². The molecule has 0 bridgehead atoms. The highest BCUT2D eigenvalue weighted by Gasteiger charge is 2.46. The molecule has 57 heavy (non-hydrogen) atoms. The Hall–Kier alpha value is -6.99. The molecule has 20 heteroatoms. The second-order valence-corrected chi connectivity index (χ2v) is 13.6. The average molecular weight is 785 g/mol. The second kappa shape index (κ2) is 14.9. The van der Waals surface area contributed by atoms with Crippen molar-refractivity contribution in [1.82, 2.24) is 35.0 Å². The van der Waals surface area contributed by atoms with E-state index in [0.717, 1.165) is 23.6 Å². The number of nitro groups is 1. The minimum atomic E-state index is -5.02. The molecular formula is C37H35F3N12O5. The maximum absolute atomic E-state index is 13.4. The molecule has 294 valence electrons. The van der Waals surface area contributed by atoms with Gasteiger partial charge in [-0.1, -0.05) is 12.1 Å². The number of carbonyl (C=O) groups excluding carboxylic acids is 3. The summed E-state index contributed by atoms with van der Waals surface area (Å²) < 4.78 is 42.1. The van der Waals surface area contributed by atoms with Gasteiger partial charge in [0.15, 0.2) is 17.5 Å². The van der Waals surface area contributed by atoms with E-state index in [1.54, 1.807) is 34.2 Å². The van der Waals surface area contributed by atoms with Gasteiger partial charge < -0.3 is 16.0 Å². The normalized spacial score (nSPS) is 16.6. The summed E-state index contributed by atoms with van der Waals surface area (Å²) in [6, 6.07) is 12.5. The van der Waals surface area contributed by atoms with Gasteiger partial charge in [-0.3, -0.25) is 34.2 Å². The number of halogens is 3. The van der Waals surface area contributed by atoms with Gasteiger partial charge in [-0.15, -0.1) is 5.10 Å². The molecule has 2 aliphatic rings. The fraction of sp³-hybridized carbons (Fsp3) is 0.297. The van der Waals surface area contributed by atoms with Crippen molar-refractivity contribution in [2.75, 3.05) is 40.1 Å². The van der Waals surface area contributed by atoms with Crippen LogP contribution in [-0.4, -0.2) is 77.7 Å². The molecule has 0 saturated carbocycles. The Morgan fingerprint density at radius 3 is 2.53 bits per heavy atom. The van der Waals surface area contributed by atoms with Crippen LogP contribution in [0.3, 0.4) is 0 Å². The Labute approximate surface area is 322 Å². The van der Waals surface area contributed by atoms with Gasteiger partial charge >= 0.3 is 12.2 Å². The number of aromatic nitrogens is 6. The van der Waals surface area contributed by atoms with E-state index in [1.165, 1.54) is 11.8 Å². The minimum absolute atomic E-state index is 0.0751. The number of alkyl halides is 3. The highest BCUT2D eigenvalue weighted by Crippen LogP contribution is 2.38. The van der Waals surface area contributed by atoms with Crippen molar-refractivity contribution in [3.8, 4) is 22.8 Å². The predicted octanol–water partition coefficient (Wildman–Crippen LogP) is 5.37. The van der Waals surface area contributed by atoms with Crippen LogP contribution < -0.4 is 25.8 Å². The number of nitro benzene ring substituents is 1. The standard InChI is InChI=1S/C37H35F3N12O5/c1-4-50-30(53)18-42-32-33(50)46-28(17-41-32)25-12-13-27(44-21(25)2)31-43-20-49(48-31)15-5-6-22-7-10-24(11-8-22)51-19-36(3,47-35(51)55)34(54)45-23-9-14-29(52(56)57)26(16-23)37(38,39)40/h7-14,16-17,20H,4-6,15,18-19H2,1-3H3,(H,41,42)(H,45,54)(H,47,55). The molecule has 5 aromatic rings. The monoisotopic (exact) mass is 784 g/mol. The predicted molar refractivity (Wildman–Crippen MR) is 201 cm³/mol. The lowest BCUT2D eigenvalue weighted by molar-refractivity contribution is -0.388. The zero-order valence-electron chi connectivity index (χ0n) is 30.8. The number of fused-ring (bicyclic) bond motifs is 1. The second-order valence-electron chi connectivity index (χ2n) is 13.6. The number of nitrogens with one attached hydrogen (secondary N) is 3. The Morgan fingerprint density at radius 1 is 1.05 bits per heavy atom. The summed E-state index contributed by atoms with van der Waals surface area (Å²) in [6.07, 6.45) is -0.335. The summed E-state index contributed by atoms with van der Waals surface area (Å²) in [4.78, 5) is 69.6. The zero-order chi connectivity index (χ0) is 40.6. The number of rotatable bonds is 11. The molecular weight excluding hydrogens is 749 g/mol. The fourth-order valence-electron chi connectivity index (χ4n) is 6.62. The van der Waals surface area contributed by atoms with Crippen LogP contribution in [0.25, 0.3) is 22.8 Å². The van der Waals surface area contributed by atoms with Crippen LogP contribution in [0.1, 0.15) is 37.1 Å². The Bertz CT molecular complexity index is 2400. The maximum atomic E-state index is 13.4. The fourth-order valence-corrected chi connectivity index (χ4v) is 6.62. The number of pyridine rings is 1. The number of amides is 4. The van der Waals surface area contributed by atoms with E-state index in [0.29, 0.717) is 71.9 Å². The van der Waals surface area contributed by atoms with Gasteiger partial charge in [-0.2, -0.15) is 13.2 Å². The van der Waals surface area contributed by atoms with Crippen LogP contribution in [0.2, 0.25) is 0 Å². The third-order valence-electron chi connectivity index (χ3n) is 9.62. The van der Waals surface area contributed by atoms with E-state index >= 15 is 0 Å². The molecule has 0 spiro atoms. The number of urea groups is 1. The molecule has 1 fully saturated rings. The topological polar surface area (TPSA) is 206 Å². The van der Waals surface area contributed by atoms with Gasteiger partial charge in [0.05, 0.1) is 29.9 Å². The molecule has 0 radical (unpaired) electrons. The molecule has 1 unspecified atom stereocenters. The SMILES string of the molecule is CCN1C(=O)CNc2ncc(-c3ccc(-c4ncn(CCCc5ccc(N6CC(C)(C(=O)Nc7ccc([N+](=O)[O-])c(C(F)(F)F)c7)NC6=O)cc5)n4)nc3C)nc21. The van der Waals surface area contributed by atoms with Crippen LogP contribution in [0.4, 0.5) is 46.7 Å². The first kappa shape index (κ1) is 38.3. The molecule has 3 N–H and O–H groups in total. The van der Waals surface area contributed by atoms with E-state index in [2.05, 4.69) is 31.0 Å². The smallest absolute Gasteiger partial charge is 0.358 e. The average Bonchev–Trinajstić information content (AvgIpc) is 3.78. The highest BCUT2D eigenvalue weighted by atomic mass is 19.4. The van der Waals surface area contributed by atoms with E-state index in [-0.39, 0.29) is 24.7 Å². The summed E-state index contributed by atoms with van der Waals surface area (Å²) in [6.45, 7) is 6.27. The summed E-state index contributed by atoms with van der Waals surface area (Å²) >= 11 is 0. The van der Waals surface area contributed by atoms with Gasteiger partial charge in [0.1, 0.15) is 23.1 Å². The number of likely N-dealkylation sites (N-methyl/N-ethyl adjacent to an activating group) is 1. The number of aryl methyl sites for hydroxylation is 3. The van der Waals surface area contributed by atoms with Gasteiger partial charge in [0.25, 0.3) is 11.6 Å². The summed E-state index contributed by atoms with van der Waals surface area (Å²) in [5.41, 5.74) is -0.338. The largest absolute Gasteiger partial charge is 0.423 e. The molecule has 17 nitrogen and oxygen atoms in total. The van der Waals surface area contributed by atoms with E-state index in [1.807, 2.05) is 38.1 Å². The quantitative estimate of drug-likeness (QED) is 0.115. The lowest BCUT2D eigenvalue weighted by Gasteiger charge is -2.27. The van der Waals surface area contributed by atoms with E-state index in [4.69, 9.17) is 9.97 Å². The minimum Gasteiger partial charge on any atom is -0.358 e. The van der Waals surface area contributed by atoms with Crippen LogP contribution in [0, 0.1) is 17.0 Å². The van der Waals surface area contributed by atoms with E-state index < -0.39 is 39.8 Å². The number of hydrogen-bond acceptors (Lipinski definition) is 11. The van der Waals surface area contributed by atoms with Crippen molar-refractivity contribution in [3.05, 3.63) is 94.1 Å². The first-order valence-corrected chi connectivity index (χ1v) is 17.8. The lowest BCUT2D eigenvalue weighted by Crippen LogP contribution is -2.51. The van der Waals surface area contributed by atoms with Crippen molar-refractivity contribution in [2.45, 2.75) is 51.9 Å². The number of carbonyl (C=O) groups is 3.